The molecule has 2 fully saturated rings. The summed E-state index contributed by atoms with van der Waals surface area (Å²) in [4.78, 5) is 3.31. The van der Waals surface area contributed by atoms with Crippen LogP contribution in [0.2, 0.25) is 0 Å². The molecule has 2 aliphatic rings. The zero-order valence-corrected chi connectivity index (χ0v) is 13.3. The van der Waals surface area contributed by atoms with Gasteiger partial charge in [-0.15, -0.1) is 0 Å². The van der Waals surface area contributed by atoms with Crippen molar-refractivity contribution in [3.8, 4) is 11.5 Å². The van der Waals surface area contributed by atoms with Crippen LogP contribution in [0.1, 0.15) is 25.7 Å². The third-order valence-corrected chi connectivity index (χ3v) is 5.41. The first-order valence-corrected chi connectivity index (χ1v) is 7.92. The first-order valence-electron chi connectivity index (χ1n) is 7.51. The van der Waals surface area contributed by atoms with Crippen LogP contribution >= 0.6 is 12.2 Å². The molecule has 2 saturated carbocycles. The minimum absolute atomic E-state index is 0.514. The molecule has 1 heterocycles. The summed E-state index contributed by atoms with van der Waals surface area (Å²) in [5.41, 5.74) is 2.65. The Kier molecular flexibility index (Phi) is 2.83. The standard InChI is InChI=1S/C16H20N2O2S/c1-19-13-7-11-12(8-14(13)20-2)18(15(21)17-11)9-16(5-6-16)10-3-4-10/h7-8,10H,3-6,9H2,1-2H3,(H,17,21). The van der Waals surface area contributed by atoms with Crippen LogP contribution in [-0.2, 0) is 6.54 Å². The van der Waals surface area contributed by atoms with Gasteiger partial charge in [-0.1, -0.05) is 0 Å². The van der Waals surface area contributed by atoms with Crippen molar-refractivity contribution in [1.29, 1.82) is 0 Å². The molecule has 0 bridgehead atoms. The maximum Gasteiger partial charge on any atom is 0.178 e. The van der Waals surface area contributed by atoms with E-state index in [-0.39, 0.29) is 0 Å². The van der Waals surface area contributed by atoms with Crippen LogP contribution in [0.25, 0.3) is 11.0 Å². The maximum atomic E-state index is 5.54. The van der Waals surface area contributed by atoms with E-state index in [9.17, 15) is 0 Å². The molecule has 2 aliphatic carbocycles. The topological polar surface area (TPSA) is 39.2 Å². The summed E-state index contributed by atoms with van der Waals surface area (Å²) < 4.78 is 13.8. The van der Waals surface area contributed by atoms with E-state index >= 15 is 0 Å². The van der Waals surface area contributed by atoms with Crippen molar-refractivity contribution in [3.05, 3.63) is 16.9 Å². The molecule has 1 aromatic carbocycles. The van der Waals surface area contributed by atoms with Crippen LogP contribution < -0.4 is 9.47 Å². The number of fused-ring (bicyclic) bond motifs is 1. The summed E-state index contributed by atoms with van der Waals surface area (Å²) in [7, 11) is 3.32. The number of hydrogen-bond acceptors (Lipinski definition) is 3. The number of aromatic amines is 1. The van der Waals surface area contributed by atoms with Gasteiger partial charge in [0.05, 0.1) is 25.3 Å². The van der Waals surface area contributed by atoms with Gasteiger partial charge in [0.1, 0.15) is 0 Å². The van der Waals surface area contributed by atoms with Crippen LogP contribution in [-0.4, -0.2) is 23.8 Å². The quantitative estimate of drug-likeness (QED) is 0.851. The summed E-state index contributed by atoms with van der Waals surface area (Å²) in [6, 6.07) is 4.00. The van der Waals surface area contributed by atoms with Crippen LogP contribution in [0, 0.1) is 16.1 Å². The fraction of sp³-hybridized carbons (Fsp3) is 0.562. The average Bonchev–Trinajstić information content (AvgIpc) is 3.36. The van der Waals surface area contributed by atoms with Crippen molar-refractivity contribution in [2.45, 2.75) is 32.2 Å². The van der Waals surface area contributed by atoms with Gasteiger partial charge in [0, 0.05) is 18.7 Å². The molecule has 21 heavy (non-hydrogen) atoms. The lowest BCUT2D eigenvalue weighted by Gasteiger charge is -2.16. The SMILES string of the molecule is COc1cc2[nH]c(=S)n(CC3(C4CC4)CC3)c2cc1OC. The van der Waals surface area contributed by atoms with E-state index in [1.165, 1.54) is 25.7 Å². The second-order valence-electron chi connectivity index (χ2n) is 6.38. The predicted molar refractivity (Wildman–Crippen MR) is 84.6 cm³/mol. The van der Waals surface area contributed by atoms with E-state index in [0.29, 0.717) is 5.41 Å². The number of benzene rings is 1. The van der Waals surface area contributed by atoms with Gasteiger partial charge in [-0.05, 0) is 49.2 Å². The Morgan fingerprint density at radius 2 is 1.90 bits per heavy atom. The van der Waals surface area contributed by atoms with Gasteiger partial charge >= 0.3 is 0 Å². The van der Waals surface area contributed by atoms with Crippen molar-refractivity contribution in [1.82, 2.24) is 9.55 Å². The Balaban J connectivity index is 1.81. The van der Waals surface area contributed by atoms with Gasteiger partial charge in [-0.2, -0.15) is 0 Å². The van der Waals surface area contributed by atoms with Gasteiger partial charge < -0.3 is 19.0 Å². The Morgan fingerprint density at radius 3 is 2.48 bits per heavy atom. The molecule has 0 unspecified atom stereocenters. The number of methoxy groups -OCH3 is 2. The molecule has 0 saturated heterocycles. The molecule has 0 aliphatic heterocycles. The van der Waals surface area contributed by atoms with Crippen LogP contribution in [0.5, 0.6) is 11.5 Å². The zero-order chi connectivity index (χ0) is 14.6. The zero-order valence-electron chi connectivity index (χ0n) is 12.4. The van der Waals surface area contributed by atoms with E-state index in [1.54, 1.807) is 14.2 Å². The highest BCUT2D eigenvalue weighted by Gasteiger charge is 2.53. The Morgan fingerprint density at radius 1 is 1.24 bits per heavy atom. The number of aromatic nitrogens is 2. The minimum Gasteiger partial charge on any atom is -0.493 e. The normalized spacial score (nSPS) is 19.7. The number of H-pyrrole nitrogens is 1. The molecule has 1 aromatic heterocycles. The molecule has 0 amide bonds. The molecule has 112 valence electrons. The summed E-state index contributed by atoms with van der Waals surface area (Å²) in [6.45, 7) is 1.03. The van der Waals surface area contributed by atoms with Crippen molar-refractivity contribution >= 4 is 23.3 Å². The summed E-state index contributed by atoms with van der Waals surface area (Å²) in [5, 5.41) is 0. The molecule has 0 atom stereocenters. The fourth-order valence-corrected chi connectivity index (χ4v) is 3.78. The molecule has 2 aromatic rings. The van der Waals surface area contributed by atoms with Crippen LogP contribution in [0.4, 0.5) is 0 Å². The molecular formula is C16H20N2O2S. The Hall–Kier alpha value is -1.49. The molecule has 0 radical (unpaired) electrons. The molecule has 1 N–H and O–H groups in total. The highest BCUT2D eigenvalue weighted by molar-refractivity contribution is 7.71. The first-order chi connectivity index (χ1) is 10.2. The fourth-order valence-electron chi connectivity index (χ4n) is 3.51. The molecular weight excluding hydrogens is 284 g/mol. The van der Waals surface area contributed by atoms with E-state index in [0.717, 1.165) is 39.8 Å². The summed E-state index contributed by atoms with van der Waals surface area (Å²) >= 11 is 5.54. The Bertz CT molecular complexity index is 753. The third-order valence-electron chi connectivity index (χ3n) is 5.09. The summed E-state index contributed by atoms with van der Waals surface area (Å²) in [5.74, 6) is 2.41. The van der Waals surface area contributed by atoms with Crippen LogP contribution in [0.3, 0.4) is 0 Å². The van der Waals surface area contributed by atoms with Crippen molar-refractivity contribution < 1.29 is 9.47 Å². The van der Waals surface area contributed by atoms with E-state index in [1.807, 2.05) is 12.1 Å². The molecule has 4 nitrogen and oxygen atoms in total. The number of imidazole rings is 1. The van der Waals surface area contributed by atoms with E-state index in [2.05, 4.69) is 9.55 Å². The molecule has 4 rings (SSSR count). The monoisotopic (exact) mass is 304 g/mol. The minimum atomic E-state index is 0.514. The number of nitrogens with zero attached hydrogens (tertiary/aromatic N) is 1. The number of rotatable bonds is 5. The second-order valence-corrected chi connectivity index (χ2v) is 6.76. The molecule has 0 spiro atoms. The number of nitrogens with one attached hydrogen (secondary N) is 1. The highest BCUT2D eigenvalue weighted by Crippen LogP contribution is 2.62. The largest absolute Gasteiger partial charge is 0.493 e. The Labute approximate surface area is 129 Å². The van der Waals surface area contributed by atoms with E-state index in [4.69, 9.17) is 21.7 Å². The van der Waals surface area contributed by atoms with Crippen molar-refractivity contribution in [2.24, 2.45) is 11.3 Å². The van der Waals surface area contributed by atoms with Gasteiger partial charge in [0.25, 0.3) is 0 Å². The highest BCUT2D eigenvalue weighted by atomic mass is 32.1. The van der Waals surface area contributed by atoms with Gasteiger partial charge in [0.2, 0.25) is 0 Å². The maximum absolute atomic E-state index is 5.54. The number of ether oxygens (including phenoxy) is 2. The lowest BCUT2D eigenvalue weighted by Crippen LogP contribution is -2.13. The summed E-state index contributed by atoms with van der Waals surface area (Å²) in [6.07, 6.45) is 5.48. The number of hydrogen-bond donors (Lipinski definition) is 1. The van der Waals surface area contributed by atoms with Crippen molar-refractivity contribution in [2.75, 3.05) is 14.2 Å². The van der Waals surface area contributed by atoms with Crippen LogP contribution in [0.15, 0.2) is 12.1 Å². The van der Waals surface area contributed by atoms with Gasteiger partial charge in [-0.3, -0.25) is 0 Å². The van der Waals surface area contributed by atoms with Gasteiger partial charge in [-0.25, -0.2) is 0 Å². The van der Waals surface area contributed by atoms with Gasteiger partial charge in [0.15, 0.2) is 16.3 Å². The smallest absolute Gasteiger partial charge is 0.178 e. The third kappa shape index (κ3) is 2.06. The lowest BCUT2D eigenvalue weighted by molar-refractivity contribution is 0.355. The van der Waals surface area contributed by atoms with Crippen molar-refractivity contribution in [3.63, 3.8) is 0 Å². The molecule has 5 heteroatoms. The second kappa shape index (κ2) is 4.50. The average molecular weight is 304 g/mol. The van der Waals surface area contributed by atoms with E-state index < -0.39 is 0 Å². The first kappa shape index (κ1) is 13.2. The predicted octanol–water partition coefficient (Wildman–Crippen LogP) is 3.91. The lowest BCUT2D eigenvalue weighted by atomic mass is 10.0.